The zero-order valence-electron chi connectivity index (χ0n) is 24.6. The summed E-state index contributed by atoms with van der Waals surface area (Å²) in [5, 5.41) is 10.4. The lowest BCUT2D eigenvalue weighted by Crippen LogP contribution is -2.51. The maximum Gasteiger partial charge on any atom is 0.312 e. The van der Waals surface area contributed by atoms with Gasteiger partial charge in [0, 0.05) is 32.2 Å². The minimum Gasteiger partial charge on any atom is -0.461 e. The van der Waals surface area contributed by atoms with Crippen molar-refractivity contribution in [3.05, 3.63) is 29.8 Å². The van der Waals surface area contributed by atoms with Gasteiger partial charge in [-0.2, -0.15) is 0 Å². The van der Waals surface area contributed by atoms with Gasteiger partial charge in [-0.3, -0.25) is 19.2 Å². The van der Waals surface area contributed by atoms with E-state index >= 15 is 0 Å². The second-order valence-electron chi connectivity index (χ2n) is 9.87. The van der Waals surface area contributed by atoms with E-state index in [9.17, 15) is 24.0 Å². The molecule has 0 bridgehead atoms. The van der Waals surface area contributed by atoms with Gasteiger partial charge in [0.05, 0.1) is 13.2 Å². The topological polar surface area (TPSA) is 178 Å². The normalized spacial score (nSPS) is 11.1. The molecule has 0 fully saturated rings. The first-order valence-electron chi connectivity index (χ1n) is 13.6. The van der Waals surface area contributed by atoms with Gasteiger partial charge in [-0.1, -0.05) is 46.8 Å². The van der Waals surface area contributed by atoms with Crippen LogP contribution in [0, 0.1) is 11.8 Å². The summed E-state index contributed by atoms with van der Waals surface area (Å²) in [7, 11) is 0. The van der Waals surface area contributed by atoms with Gasteiger partial charge in [0.15, 0.2) is 0 Å². The zero-order chi connectivity index (χ0) is 30.5. The number of hydrogen-bond donors (Lipinski definition) is 5. The monoisotopic (exact) mass is 565 g/mol. The number of rotatable bonds is 16. The third-order valence-corrected chi connectivity index (χ3v) is 5.23. The fourth-order valence-electron chi connectivity index (χ4n) is 2.97. The van der Waals surface area contributed by atoms with E-state index in [-0.39, 0.29) is 37.4 Å². The summed E-state index contributed by atoms with van der Waals surface area (Å²) in [6.45, 7) is 12.7. The number of carbonyl (C=O) groups excluding carboxylic acids is 5. The van der Waals surface area contributed by atoms with Crippen LogP contribution in [0.2, 0.25) is 0 Å². The predicted molar refractivity (Wildman–Crippen MR) is 153 cm³/mol. The number of primary amides is 1. The SMILES string of the molecule is CC(=O)OCc1ccc(NC(=O)CNC(=O)C(NC(=O)CCOCCC(C)C)C(C)C)cc1.CCCNC(N)=O. The van der Waals surface area contributed by atoms with Crippen molar-refractivity contribution < 1.29 is 33.4 Å². The molecule has 40 heavy (non-hydrogen) atoms. The summed E-state index contributed by atoms with van der Waals surface area (Å²) in [5.41, 5.74) is 6.07. The quantitative estimate of drug-likeness (QED) is 0.151. The van der Waals surface area contributed by atoms with Gasteiger partial charge in [-0.25, -0.2) is 4.79 Å². The van der Waals surface area contributed by atoms with E-state index in [1.54, 1.807) is 24.3 Å². The summed E-state index contributed by atoms with van der Waals surface area (Å²) >= 11 is 0. The molecule has 1 rings (SSSR count). The lowest BCUT2D eigenvalue weighted by Gasteiger charge is -2.21. The van der Waals surface area contributed by atoms with Crippen LogP contribution in [0.25, 0.3) is 0 Å². The third-order valence-electron chi connectivity index (χ3n) is 5.23. The lowest BCUT2D eigenvalue weighted by molar-refractivity contribution is -0.142. The van der Waals surface area contributed by atoms with Gasteiger partial charge < -0.3 is 36.5 Å². The number of esters is 1. The van der Waals surface area contributed by atoms with Crippen molar-refractivity contribution in [3.8, 4) is 0 Å². The zero-order valence-corrected chi connectivity index (χ0v) is 24.6. The number of ether oxygens (including phenoxy) is 2. The Morgan fingerprint density at radius 1 is 0.925 bits per heavy atom. The van der Waals surface area contributed by atoms with Crippen LogP contribution in [0.15, 0.2) is 24.3 Å². The minimum absolute atomic E-state index is 0.149. The molecule has 0 aromatic heterocycles. The molecule has 0 saturated heterocycles. The molecule has 5 amide bonds. The fourth-order valence-corrected chi connectivity index (χ4v) is 2.97. The molecule has 6 N–H and O–H groups in total. The summed E-state index contributed by atoms with van der Waals surface area (Å²) in [6, 6.07) is 5.63. The van der Waals surface area contributed by atoms with Crippen LogP contribution < -0.4 is 27.0 Å². The highest BCUT2D eigenvalue weighted by Gasteiger charge is 2.24. The molecule has 0 saturated carbocycles. The molecule has 0 spiro atoms. The second kappa shape index (κ2) is 21.2. The van der Waals surface area contributed by atoms with Crippen molar-refractivity contribution >= 4 is 35.4 Å². The molecule has 1 atom stereocenters. The first-order chi connectivity index (χ1) is 18.8. The molecule has 0 aliphatic rings. The van der Waals surface area contributed by atoms with Crippen molar-refractivity contribution in [1.82, 2.24) is 16.0 Å². The predicted octanol–water partition coefficient (Wildman–Crippen LogP) is 2.46. The molecule has 0 radical (unpaired) electrons. The van der Waals surface area contributed by atoms with E-state index in [0.29, 0.717) is 31.4 Å². The van der Waals surface area contributed by atoms with Gasteiger partial charge in [-0.05, 0) is 42.4 Å². The Morgan fingerprint density at radius 3 is 2.08 bits per heavy atom. The average Bonchev–Trinajstić information content (AvgIpc) is 2.88. The van der Waals surface area contributed by atoms with Crippen LogP contribution in [0.1, 0.15) is 66.4 Å². The van der Waals surface area contributed by atoms with Gasteiger partial charge >= 0.3 is 12.0 Å². The Bertz CT molecular complexity index is 920. The molecule has 1 aromatic rings. The molecule has 12 nitrogen and oxygen atoms in total. The Labute approximate surface area is 237 Å². The van der Waals surface area contributed by atoms with E-state index in [2.05, 4.69) is 35.1 Å². The molecule has 1 unspecified atom stereocenters. The average molecular weight is 566 g/mol. The Kier molecular flexibility index (Phi) is 19.2. The van der Waals surface area contributed by atoms with Crippen LogP contribution >= 0.6 is 0 Å². The Hall–Kier alpha value is -3.67. The van der Waals surface area contributed by atoms with E-state index in [1.165, 1.54) is 6.92 Å². The number of carbonyl (C=O) groups is 5. The highest BCUT2D eigenvalue weighted by atomic mass is 16.5. The minimum atomic E-state index is -0.749. The Morgan fingerprint density at radius 2 is 1.57 bits per heavy atom. The van der Waals surface area contributed by atoms with Crippen molar-refractivity contribution in [2.75, 3.05) is 31.6 Å². The maximum absolute atomic E-state index is 12.5. The van der Waals surface area contributed by atoms with Crippen LogP contribution in [0.5, 0.6) is 0 Å². The number of nitrogens with one attached hydrogen (secondary N) is 4. The standard InChI is InChI=1S/C24H37N3O6.C4H10N2O/c1-16(2)10-12-32-13-11-21(29)27-23(17(3)4)24(31)25-14-22(30)26-20-8-6-19(7-9-20)15-33-18(5)28;1-2-3-6-4(5)7/h6-9,16-17,23H,10-15H2,1-5H3,(H,25,31)(H,26,30)(H,27,29);2-3H2,1H3,(H3,5,6,7). The van der Waals surface area contributed by atoms with Gasteiger partial charge in [0.2, 0.25) is 17.7 Å². The highest BCUT2D eigenvalue weighted by Crippen LogP contribution is 2.10. The largest absolute Gasteiger partial charge is 0.461 e. The van der Waals surface area contributed by atoms with Crippen LogP contribution in [-0.4, -0.2) is 62.1 Å². The molecule has 226 valence electrons. The maximum atomic E-state index is 12.5. The molecule has 1 aromatic carbocycles. The third kappa shape index (κ3) is 19.4. The molecule has 12 heteroatoms. The van der Waals surface area contributed by atoms with Crippen molar-refractivity contribution in [1.29, 1.82) is 0 Å². The first-order valence-corrected chi connectivity index (χ1v) is 13.6. The van der Waals surface area contributed by atoms with Crippen molar-refractivity contribution in [2.45, 2.75) is 73.5 Å². The Balaban J connectivity index is 0.00000191. The van der Waals surface area contributed by atoms with E-state index in [4.69, 9.17) is 15.2 Å². The number of benzene rings is 1. The molecule has 0 heterocycles. The number of amides is 5. The summed E-state index contributed by atoms with van der Waals surface area (Å²) in [4.78, 5) is 57.6. The van der Waals surface area contributed by atoms with Crippen molar-refractivity contribution in [3.63, 3.8) is 0 Å². The molecular formula is C28H47N5O7. The van der Waals surface area contributed by atoms with E-state index < -0.39 is 23.9 Å². The summed E-state index contributed by atoms with van der Waals surface area (Å²) < 4.78 is 10.4. The van der Waals surface area contributed by atoms with Gasteiger partial charge in [-0.15, -0.1) is 0 Å². The molecule has 0 aliphatic carbocycles. The molecular weight excluding hydrogens is 518 g/mol. The lowest BCUT2D eigenvalue weighted by atomic mass is 10.0. The first kappa shape index (κ1) is 36.3. The number of hydrogen-bond acceptors (Lipinski definition) is 7. The van der Waals surface area contributed by atoms with Crippen molar-refractivity contribution in [2.24, 2.45) is 17.6 Å². The smallest absolute Gasteiger partial charge is 0.312 e. The summed E-state index contributed by atoms with van der Waals surface area (Å²) in [6.07, 6.45) is 2.03. The second-order valence-corrected chi connectivity index (χ2v) is 9.87. The van der Waals surface area contributed by atoms with Crippen LogP contribution in [0.4, 0.5) is 10.5 Å². The van der Waals surface area contributed by atoms with Gasteiger partial charge in [0.1, 0.15) is 12.6 Å². The number of nitrogens with two attached hydrogens (primary N) is 1. The van der Waals surface area contributed by atoms with E-state index in [0.717, 1.165) is 18.4 Å². The van der Waals surface area contributed by atoms with Gasteiger partial charge in [0.25, 0.3) is 0 Å². The van der Waals surface area contributed by atoms with E-state index in [1.807, 2.05) is 20.8 Å². The fraction of sp³-hybridized carbons (Fsp3) is 0.607. The molecule has 0 aliphatic heterocycles. The van der Waals surface area contributed by atoms with Crippen LogP contribution in [-0.2, 0) is 35.3 Å². The highest BCUT2D eigenvalue weighted by molar-refractivity contribution is 5.96. The number of anilines is 1. The number of urea groups is 1. The summed E-state index contributed by atoms with van der Waals surface area (Å²) in [5.74, 6) is -1.07. The van der Waals surface area contributed by atoms with Crippen LogP contribution in [0.3, 0.4) is 0 Å².